The normalized spacial score (nSPS) is 19.0. The minimum Gasteiger partial charge on any atom is -0.335 e. The first-order chi connectivity index (χ1) is 10.6. The smallest absolute Gasteiger partial charge is 0.250 e. The Labute approximate surface area is 151 Å². The van der Waals surface area contributed by atoms with E-state index in [9.17, 15) is 0 Å². The zero-order valence-electron chi connectivity index (χ0n) is 12.5. The molecule has 5 nitrogen and oxygen atoms in total. The summed E-state index contributed by atoms with van der Waals surface area (Å²) in [4.78, 5) is 6.64. The van der Waals surface area contributed by atoms with Crippen molar-refractivity contribution in [1.82, 2.24) is 20.4 Å². The molecule has 1 aliphatic rings. The highest BCUT2D eigenvalue weighted by molar-refractivity contribution is 6.34. The van der Waals surface area contributed by atoms with E-state index in [4.69, 9.17) is 27.7 Å². The molecule has 1 unspecified atom stereocenters. The van der Waals surface area contributed by atoms with Crippen molar-refractivity contribution in [3.8, 4) is 0 Å². The molecule has 0 spiro atoms. The quantitative estimate of drug-likeness (QED) is 0.889. The predicted octanol–water partition coefficient (Wildman–Crippen LogP) is 3.54. The monoisotopic (exact) mass is 374 g/mol. The largest absolute Gasteiger partial charge is 0.335 e. The number of benzene rings is 1. The molecule has 0 saturated carbocycles. The number of hydrogen-bond donors (Lipinski definition) is 1. The maximum absolute atomic E-state index is 6.12. The summed E-state index contributed by atoms with van der Waals surface area (Å²) in [5.74, 6) is 1.14. The van der Waals surface area contributed by atoms with Gasteiger partial charge in [0.25, 0.3) is 5.89 Å². The maximum Gasteiger partial charge on any atom is 0.250 e. The zero-order valence-corrected chi connectivity index (χ0v) is 14.8. The number of piperazine rings is 1. The van der Waals surface area contributed by atoms with E-state index in [-0.39, 0.29) is 18.4 Å². The van der Waals surface area contributed by atoms with Crippen LogP contribution in [0.5, 0.6) is 0 Å². The number of aromatic nitrogens is 2. The Morgan fingerprint density at radius 1 is 1.35 bits per heavy atom. The second kappa shape index (κ2) is 8.13. The Balaban J connectivity index is 0.00000192. The van der Waals surface area contributed by atoms with Crippen molar-refractivity contribution in [1.29, 1.82) is 0 Å². The minimum absolute atomic E-state index is 0. The van der Waals surface area contributed by atoms with Gasteiger partial charge >= 0.3 is 0 Å². The maximum atomic E-state index is 6.12. The van der Waals surface area contributed by atoms with Crippen LogP contribution in [0.3, 0.4) is 0 Å². The van der Waals surface area contributed by atoms with Gasteiger partial charge in [-0.25, -0.2) is 0 Å². The van der Waals surface area contributed by atoms with Gasteiger partial charge in [-0.1, -0.05) is 28.4 Å². The second-order valence-corrected chi connectivity index (χ2v) is 6.03. The van der Waals surface area contributed by atoms with E-state index in [0.29, 0.717) is 21.8 Å². The molecule has 8 heteroatoms. The first kappa shape index (κ1) is 18.2. The number of rotatable bonds is 3. The predicted molar refractivity (Wildman–Crippen MR) is 95.2 cm³/mol. The summed E-state index contributed by atoms with van der Waals surface area (Å²) in [5.41, 5.74) is 0.811. The number of nitrogens with zero attached hydrogens (tertiary/aromatic N) is 3. The lowest BCUT2D eigenvalue weighted by molar-refractivity contribution is 0.190. The molecule has 124 valence electrons. The van der Waals surface area contributed by atoms with Gasteiger partial charge in [0.05, 0.1) is 6.04 Å². The number of likely N-dealkylation sites (N-methyl/N-ethyl adjacent to an activating group) is 1. The molecule has 1 aromatic heterocycles. The van der Waals surface area contributed by atoms with Crippen LogP contribution in [0.2, 0.25) is 10.0 Å². The summed E-state index contributed by atoms with van der Waals surface area (Å²) in [6.07, 6.45) is 3.55. The molecule has 1 aromatic carbocycles. The Kier molecular flexibility index (Phi) is 6.44. The van der Waals surface area contributed by atoms with Gasteiger partial charge in [0, 0.05) is 35.8 Å². The summed E-state index contributed by atoms with van der Waals surface area (Å²) in [7, 11) is 2.06. The fourth-order valence-electron chi connectivity index (χ4n) is 2.35. The van der Waals surface area contributed by atoms with Gasteiger partial charge in [-0.05, 0) is 36.9 Å². The van der Waals surface area contributed by atoms with Crippen LogP contribution in [0.4, 0.5) is 0 Å². The average Bonchev–Trinajstić information content (AvgIpc) is 2.97. The summed E-state index contributed by atoms with van der Waals surface area (Å²) in [5, 5.41) is 8.65. The Morgan fingerprint density at radius 3 is 2.96 bits per heavy atom. The van der Waals surface area contributed by atoms with E-state index >= 15 is 0 Å². The van der Waals surface area contributed by atoms with Crippen molar-refractivity contribution in [3.63, 3.8) is 0 Å². The molecule has 3 rings (SSSR count). The van der Waals surface area contributed by atoms with Crippen LogP contribution >= 0.6 is 35.6 Å². The first-order valence-electron chi connectivity index (χ1n) is 7.01. The van der Waals surface area contributed by atoms with Crippen molar-refractivity contribution in [2.75, 3.05) is 26.7 Å². The summed E-state index contributed by atoms with van der Waals surface area (Å²) in [6, 6.07) is 5.43. The Hall–Kier alpha value is -1.11. The molecule has 0 bridgehead atoms. The number of hydrogen-bond acceptors (Lipinski definition) is 5. The van der Waals surface area contributed by atoms with Crippen LogP contribution < -0.4 is 5.32 Å². The molecule has 2 heterocycles. The molecular formula is C15H17Cl3N4O. The molecule has 1 fully saturated rings. The number of halogens is 3. The average molecular weight is 376 g/mol. The van der Waals surface area contributed by atoms with Crippen molar-refractivity contribution >= 4 is 47.8 Å². The van der Waals surface area contributed by atoms with Crippen LogP contribution in [-0.4, -0.2) is 41.7 Å². The zero-order chi connectivity index (χ0) is 15.5. The van der Waals surface area contributed by atoms with Gasteiger partial charge in [-0.2, -0.15) is 4.98 Å². The van der Waals surface area contributed by atoms with Crippen LogP contribution in [-0.2, 0) is 0 Å². The third kappa shape index (κ3) is 4.46. The lowest BCUT2D eigenvalue weighted by Gasteiger charge is -2.30. The Bertz CT molecular complexity index is 689. The van der Waals surface area contributed by atoms with Crippen molar-refractivity contribution < 1.29 is 4.52 Å². The minimum atomic E-state index is 0. The van der Waals surface area contributed by atoms with E-state index in [1.807, 2.05) is 6.08 Å². The highest BCUT2D eigenvalue weighted by atomic mass is 35.5. The summed E-state index contributed by atoms with van der Waals surface area (Å²) < 4.78 is 5.28. The van der Waals surface area contributed by atoms with E-state index < -0.39 is 0 Å². The van der Waals surface area contributed by atoms with Crippen molar-refractivity contribution in [2.24, 2.45) is 0 Å². The van der Waals surface area contributed by atoms with Crippen molar-refractivity contribution in [3.05, 3.63) is 45.5 Å². The summed E-state index contributed by atoms with van der Waals surface area (Å²) in [6.45, 7) is 2.76. The van der Waals surface area contributed by atoms with Crippen molar-refractivity contribution in [2.45, 2.75) is 6.04 Å². The van der Waals surface area contributed by atoms with E-state index in [2.05, 4.69) is 27.4 Å². The highest BCUT2D eigenvalue weighted by Gasteiger charge is 2.24. The SMILES string of the molecule is CN1CCNCC1c1noc(/C=C/c2cc(Cl)ccc2Cl)n1.Cl. The molecule has 23 heavy (non-hydrogen) atoms. The molecule has 2 aromatic rings. The van der Waals surface area contributed by atoms with Gasteiger partial charge in [-0.15, -0.1) is 12.4 Å². The van der Waals surface area contributed by atoms with Gasteiger partial charge in [0.15, 0.2) is 5.82 Å². The molecule has 0 amide bonds. The van der Waals surface area contributed by atoms with Gasteiger partial charge in [-0.3, -0.25) is 4.90 Å². The van der Waals surface area contributed by atoms with E-state index in [1.165, 1.54) is 0 Å². The molecule has 1 atom stereocenters. The molecule has 0 aliphatic carbocycles. The Morgan fingerprint density at radius 2 is 2.17 bits per heavy atom. The van der Waals surface area contributed by atoms with Crippen LogP contribution in [0.1, 0.15) is 23.3 Å². The fraction of sp³-hybridized carbons (Fsp3) is 0.333. The van der Waals surface area contributed by atoms with Crippen LogP contribution in [0.15, 0.2) is 22.7 Å². The van der Waals surface area contributed by atoms with Gasteiger partial charge in [0.1, 0.15) is 0 Å². The van der Waals surface area contributed by atoms with Gasteiger partial charge < -0.3 is 9.84 Å². The van der Waals surface area contributed by atoms with Gasteiger partial charge in [0.2, 0.25) is 0 Å². The summed E-state index contributed by atoms with van der Waals surface area (Å²) >= 11 is 12.1. The number of nitrogens with one attached hydrogen (secondary N) is 1. The molecular weight excluding hydrogens is 359 g/mol. The standard InChI is InChI=1S/C15H16Cl2N4O.ClH/c1-21-7-6-18-9-13(21)15-19-14(22-20-15)5-2-10-8-11(16)3-4-12(10)17;/h2-5,8,13,18H,6-7,9H2,1H3;1H/b5-2+;. The van der Waals surface area contributed by atoms with Crippen LogP contribution in [0.25, 0.3) is 12.2 Å². The molecule has 1 N–H and O–H groups in total. The first-order valence-corrected chi connectivity index (χ1v) is 7.77. The van der Waals surface area contributed by atoms with E-state index in [1.54, 1.807) is 24.3 Å². The highest BCUT2D eigenvalue weighted by Crippen LogP contribution is 2.23. The fourth-order valence-corrected chi connectivity index (χ4v) is 2.71. The van der Waals surface area contributed by atoms with E-state index in [0.717, 1.165) is 25.2 Å². The second-order valence-electron chi connectivity index (χ2n) is 5.19. The molecule has 0 radical (unpaired) electrons. The third-order valence-corrected chi connectivity index (χ3v) is 4.21. The topological polar surface area (TPSA) is 54.2 Å². The molecule has 1 aliphatic heterocycles. The molecule has 1 saturated heterocycles. The van der Waals surface area contributed by atoms with Crippen LogP contribution in [0, 0.1) is 0 Å². The lowest BCUT2D eigenvalue weighted by Crippen LogP contribution is -2.44. The lowest BCUT2D eigenvalue weighted by atomic mass is 10.2. The third-order valence-electron chi connectivity index (χ3n) is 3.63.